The zero-order valence-corrected chi connectivity index (χ0v) is 15.6. The Kier molecular flexibility index (Phi) is 5.69. The number of benzene rings is 2. The Labute approximate surface area is 165 Å². The lowest BCUT2D eigenvalue weighted by Gasteiger charge is -2.37. The second kappa shape index (κ2) is 7.99. The molecule has 0 atom stereocenters. The number of hydrogen-bond acceptors (Lipinski definition) is 6. The number of nitro groups is 1. The molecular weight excluding hydrogens is 395 g/mol. The Hall–Kier alpha value is -2.55. The minimum Gasteiger partial charge on any atom is -0.368 e. The summed E-state index contributed by atoms with van der Waals surface area (Å²) in [7, 11) is 0. The van der Waals surface area contributed by atoms with Crippen molar-refractivity contribution in [3.63, 3.8) is 0 Å². The molecule has 1 heterocycles. The molecule has 1 saturated heterocycles. The average Bonchev–Trinajstić information content (AvgIpc) is 2.69. The molecule has 0 radical (unpaired) electrons. The number of piperazine rings is 1. The molecular formula is C17H16Cl2N4O4. The van der Waals surface area contributed by atoms with Crippen molar-refractivity contribution < 1.29 is 14.9 Å². The van der Waals surface area contributed by atoms with Crippen LogP contribution in [-0.4, -0.2) is 42.2 Å². The smallest absolute Gasteiger partial charge is 0.293 e. The molecule has 27 heavy (non-hydrogen) atoms. The van der Waals surface area contributed by atoms with Gasteiger partial charge in [-0.1, -0.05) is 23.2 Å². The number of hydroxylamine groups is 1. The minimum atomic E-state index is -0.797. The number of carbonyl (C=O) groups excluding carboxylic acids is 1. The molecule has 2 aromatic carbocycles. The summed E-state index contributed by atoms with van der Waals surface area (Å²) >= 11 is 12.0. The standard InChI is InChI=1S/C17H16Cl2N4O4/c18-13-3-2-12(10-14(13)19)21-5-7-22(8-6-21)15-4-1-11(17(24)20-25)9-16(15)23(26)27/h1-4,9-10,25H,5-8H2,(H,20,24). The number of hydrogen-bond donors (Lipinski definition) is 2. The molecule has 2 N–H and O–H groups in total. The molecule has 3 rings (SSSR count). The Morgan fingerprint density at radius 2 is 1.70 bits per heavy atom. The highest BCUT2D eigenvalue weighted by molar-refractivity contribution is 6.42. The monoisotopic (exact) mass is 410 g/mol. The van der Waals surface area contributed by atoms with Crippen molar-refractivity contribution in [3.05, 3.63) is 62.1 Å². The Bertz CT molecular complexity index is 885. The fourth-order valence-electron chi connectivity index (χ4n) is 3.03. The first-order valence-corrected chi connectivity index (χ1v) is 8.84. The van der Waals surface area contributed by atoms with E-state index in [0.717, 1.165) is 11.8 Å². The van der Waals surface area contributed by atoms with Crippen molar-refractivity contribution in [2.75, 3.05) is 36.0 Å². The van der Waals surface area contributed by atoms with Gasteiger partial charge in [0.25, 0.3) is 11.6 Å². The molecule has 1 aliphatic rings. The second-order valence-corrected chi connectivity index (χ2v) is 6.79. The molecule has 8 nitrogen and oxygen atoms in total. The fourth-order valence-corrected chi connectivity index (χ4v) is 3.32. The van der Waals surface area contributed by atoms with E-state index >= 15 is 0 Å². The summed E-state index contributed by atoms with van der Waals surface area (Å²) in [4.78, 5) is 26.4. The number of nitrogens with one attached hydrogen (secondary N) is 1. The number of amides is 1. The maximum absolute atomic E-state index is 11.5. The van der Waals surface area contributed by atoms with Crippen molar-refractivity contribution in [3.8, 4) is 0 Å². The first-order valence-electron chi connectivity index (χ1n) is 8.08. The van der Waals surface area contributed by atoms with E-state index in [4.69, 9.17) is 28.4 Å². The van der Waals surface area contributed by atoms with E-state index in [1.165, 1.54) is 17.6 Å². The zero-order valence-electron chi connectivity index (χ0n) is 14.1. The van der Waals surface area contributed by atoms with Crippen LogP contribution in [0.2, 0.25) is 10.0 Å². The van der Waals surface area contributed by atoms with E-state index in [2.05, 4.69) is 4.90 Å². The third kappa shape index (κ3) is 4.08. The highest BCUT2D eigenvalue weighted by atomic mass is 35.5. The van der Waals surface area contributed by atoms with E-state index in [0.29, 0.717) is 41.9 Å². The fraction of sp³-hybridized carbons (Fsp3) is 0.235. The van der Waals surface area contributed by atoms with Crippen LogP contribution in [0.5, 0.6) is 0 Å². The predicted octanol–water partition coefficient (Wildman–Crippen LogP) is 3.35. The van der Waals surface area contributed by atoms with Gasteiger partial charge in [-0.25, -0.2) is 5.48 Å². The average molecular weight is 411 g/mol. The lowest BCUT2D eigenvalue weighted by Crippen LogP contribution is -2.46. The highest BCUT2D eigenvalue weighted by Gasteiger charge is 2.25. The lowest BCUT2D eigenvalue weighted by atomic mass is 10.1. The summed E-state index contributed by atoms with van der Waals surface area (Å²) in [6.45, 7) is 2.42. The van der Waals surface area contributed by atoms with Crippen LogP contribution in [0.1, 0.15) is 10.4 Å². The largest absolute Gasteiger partial charge is 0.368 e. The third-order valence-electron chi connectivity index (χ3n) is 4.42. The Balaban J connectivity index is 1.78. The molecule has 2 aromatic rings. The van der Waals surface area contributed by atoms with Gasteiger partial charge in [0.1, 0.15) is 5.69 Å². The topological polar surface area (TPSA) is 99.0 Å². The van der Waals surface area contributed by atoms with Gasteiger partial charge in [0.2, 0.25) is 0 Å². The van der Waals surface area contributed by atoms with Crippen molar-refractivity contribution >= 4 is 46.2 Å². The van der Waals surface area contributed by atoms with Crippen LogP contribution in [-0.2, 0) is 0 Å². The van der Waals surface area contributed by atoms with Crippen molar-refractivity contribution in [2.45, 2.75) is 0 Å². The van der Waals surface area contributed by atoms with Gasteiger partial charge in [-0.05, 0) is 30.3 Å². The minimum absolute atomic E-state index is 0.0161. The number of nitro benzene ring substituents is 1. The van der Waals surface area contributed by atoms with E-state index in [9.17, 15) is 14.9 Å². The number of carbonyl (C=O) groups is 1. The maximum Gasteiger partial charge on any atom is 0.293 e. The predicted molar refractivity (Wildman–Crippen MR) is 103 cm³/mol. The van der Waals surface area contributed by atoms with Crippen LogP contribution in [0.4, 0.5) is 17.1 Å². The SMILES string of the molecule is O=C(NO)c1ccc(N2CCN(c3ccc(Cl)c(Cl)c3)CC2)c([N+](=O)[O-])c1. The Morgan fingerprint density at radius 1 is 1.04 bits per heavy atom. The quantitative estimate of drug-likeness (QED) is 0.455. The van der Waals surface area contributed by atoms with Crippen molar-refractivity contribution in [2.24, 2.45) is 0 Å². The summed E-state index contributed by atoms with van der Waals surface area (Å²) in [5.41, 5.74) is 2.68. The van der Waals surface area contributed by atoms with Crippen LogP contribution in [0, 0.1) is 10.1 Å². The van der Waals surface area contributed by atoms with Gasteiger partial charge < -0.3 is 9.80 Å². The zero-order chi connectivity index (χ0) is 19.6. The molecule has 0 saturated carbocycles. The van der Waals surface area contributed by atoms with Crippen molar-refractivity contribution in [1.82, 2.24) is 5.48 Å². The van der Waals surface area contributed by atoms with Crippen LogP contribution >= 0.6 is 23.2 Å². The number of rotatable bonds is 4. The second-order valence-electron chi connectivity index (χ2n) is 5.97. The summed E-state index contributed by atoms with van der Waals surface area (Å²) in [5, 5.41) is 21.1. The number of anilines is 2. The summed E-state index contributed by atoms with van der Waals surface area (Å²) < 4.78 is 0. The summed E-state index contributed by atoms with van der Waals surface area (Å²) in [6, 6.07) is 9.54. The van der Waals surface area contributed by atoms with Crippen LogP contribution in [0.3, 0.4) is 0 Å². The highest BCUT2D eigenvalue weighted by Crippen LogP contribution is 2.32. The first-order chi connectivity index (χ1) is 12.9. The third-order valence-corrected chi connectivity index (χ3v) is 5.16. The van der Waals surface area contributed by atoms with Crippen LogP contribution < -0.4 is 15.3 Å². The lowest BCUT2D eigenvalue weighted by molar-refractivity contribution is -0.384. The molecule has 0 spiro atoms. The molecule has 0 aromatic heterocycles. The molecule has 1 amide bonds. The maximum atomic E-state index is 11.5. The number of nitrogens with zero attached hydrogens (tertiary/aromatic N) is 3. The molecule has 0 bridgehead atoms. The van der Waals surface area contributed by atoms with Gasteiger partial charge >= 0.3 is 0 Å². The van der Waals surface area contributed by atoms with E-state index in [-0.39, 0.29) is 11.3 Å². The van der Waals surface area contributed by atoms with Gasteiger partial charge in [0, 0.05) is 43.5 Å². The van der Waals surface area contributed by atoms with E-state index in [1.54, 1.807) is 12.1 Å². The van der Waals surface area contributed by atoms with Crippen LogP contribution in [0.15, 0.2) is 36.4 Å². The van der Waals surface area contributed by atoms with Gasteiger partial charge in [0.15, 0.2) is 0 Å². The number of halogens is 2. The summed E-state index contributed by atoms with van der Waals surface area (Å²) in [5.74, 6) is -0.797. The first kappa shape index (κ1) is 19.2. The molecule has 0 unspecified atom stereocenters. The molecule has 1 fully saturated rings. The van der Waals surface area contributed by atoms with Crippen LogP contribution in [0.25, 0.3) is 0 Å². The molecule has 10 heteroatoms. The van der Waals surface area contributed by atoms with E-state index < -0.39 is 10.8 Å². The van der Waals surface area contributed by atoms with Gasteiger partial charge in [-0.15, -0.1) is 0 Å². The molecule has 0 aliphatic carbocycles. The normalized spacial score (nSPS) is 14.2. The van der Waals surface area contributed by atoms with Gasteiger partial charge in [-0.3, -0.25) is 20.1 Å². The summed E-state index contributed by atoms with van der Waals surface area (Å²) in [6.07, 6.45) is 0. The van der Waals surface area contributed by atoms with E-state index in [1.807, 2.05) is 11.0 Å². The molecule has 1 aliphatic heterocycles. The van der Waals surface area contributed by atoms with Crippen molar-refractivity contribution in [1.29, 1.82) is 0 Å². The Morgan fingerprint density at radius 3 is 2.30 bits per heavy atom. The van der Waals surface area contributed by atoms with Gasteiger partial charge in [-0.2, -0.15) is 0 Å². The van der Waals surface area contributed by atoms with Gasteiger partial charge in [0.05, 0.1) is 15.0 Å². The molecule has 142 valence electrons.